The van der Waals surface area contributed by atoms with Crippen molar-refractivity contribution in [2.75, 3.05) is 44.6 Å². The van der Waals surface area contributed by atoms with Crippen LogP contribution in [0.25, 0.3) is 0 Å². The monoisotopic (exact) mass is 248 g/mol. The molecule has 0 atom stereocenters. The topological polar surface area (TPSA) is 6.48 Å². The van der Waals surface area contributed by atoms with Gasteiger partial charge >= 0.3 is 0 Å². The van der Waals surface area contributed by atoms with Crippen LogP contribution in [0.4, 0.5) is 0 Å². The van der Waals surface area contributed by atoms with Crippen LogP contribution in [0.5, 0.6) is 0 Å². The van der Waals surface area contributed by atoms with Gasteiger partial charge in [0.25, 0.3) is 0 Å². The molecule has 1 aliphatic heterocycles. The second-order valence-corrected chi connectivity index (χ2v) is 4.52. The molecule has 13 heavy (non-hydrogen) atoms. The zero-order valence-corrected chi connectivity index (χ0v) is 10.2. The molecule has 0 spiro atoms. The van der Waals surface area contributed by atoms with Gasteiger partial charge in [0.2, 0.25) is 0 Å². The Bertz CT molecular complexity index is 116. The second-order valence-electron chi connectivity index (χ2n) is 3.73. The minimum absolute atomic E-state index is 1.11. The summed E-state index contributed by atoms with van der Waals surface area (Å²) in [7, 11) is 0. The van der Waals surface area contributed by atoms with Crippen LogP contribution in [0.1, 0.15) is 19.8 Å². The average Bonchev–Trinajstić information content (AvgIpc) is 2.33. The van der Waals surface area contributed by atoms with Crippen molar-refractivity contribution >= 4 is 15.9 Å². The third kappa shape index (κ3) is 4.43. The SMILES string of the molecule is CCCN1CCCN(CCBr)CC1. The van der Waals surface area contributed by atoms with Crippen LogP contribution in [0, 0.1) is 0 Å². The van der Waals surface area contributed by atoms with Gasteiger partial charge in [-0.1, -0.05) is 22.9 Å². The number of hydrogen-bond acceptors (Lipinski definition) is 2. The molecule has 0 radical (unpaired) electrons. The Balaban J connectivity index is 2.22. The van der Waals surface area contributed by atoms with Crippen molar-refractivity contribution in [3.63, 3.8) is 0 Å². The van der Waals surface area contributed by atoms with E-state index >= 15 is 0 Å². The van der Waals surface area contributed by atoms with E-state index in [1.807, 2.05) is 0 Å². The molecule has 0 aromatic rings. The normalized spacial score (nSPS) is 21.7. The lowest BCUT2D eigenvalue weighted by Gasteiger charge is -2.20. The number of halogens is 1. The minimum atomic E-state index is 1.11. The zero-order chi connectivity index (χ0) is 9.52. The quantitative estimate of drug-likeness (QED) is 0.701. The fraction of sp³-hybridized carbons (Fsp3) is 1.00. The minimum Gasteiger partial charge on any atom is -0.302 e. The van der Waals surface area contributed by atoms with Crippen LogP contribution < -0.4 is 0 Å². The van der Waals surface area contributed by atoms with E-state index in [1.165, 1.54) is 52.1 Å². The maximum atomic E-state index is 3.50. The smallest absolute Gasteiger partial charge is 0.0159 e. The molecule has 1 aliphatic rings. The Morgan fingerprint density at radius 3 is 2.15 bits per heavy atom. The molecule has 0 unspecified atom stereocenters. The fourth-order valence-electron chi connectivity index (χ4n) is 1.91. The molecule has 0 bridgehead atoms. The summed E-state index contributed by atoms with van der Waals surface area (Å²) >= 11 is 3.50. The first-order chi connectivity index (χ1) is 6.36. The predicted molar refractivity (Wildman–Crippen MR) is 61.6 cm³/mol. The summed E-state index contributed by atoms with van der Waals surface area (Å²) in [6.07, 6.45) is 2.63. The summed E-state index contributed by atoms with van der Waals surface area (Å²) in [5, 5.41) is 1.11. The summed E-state index contributed by atoms with van der Waals surface area (Å²) < 4.78 is 0. The van der Waals surface area contributed by atoms with Gasteiger partial charge in [0.05, 0.1) is 0 Å². The van der Waals surface area contributed by atoms with Gasteiger partial charge in [-0.2, -0.15) is 0 Å². The van der Waals surface area contributed by atoms with E-state index in [2.05, 4.69) is 32.7 Å². The molecule has 2 nitrogen and oxygen atoms in total. The third-order valence-electron chi connectivity index (χ3n) is 2.62. The van der Waals surface area contributed by atoms with E-state index in [4.69, 9.17) is 0 Å². The summed E-state index contributed by atoms with van der Waals surface area (Å²) in [5.41, 5.74) is 0. The van der Waals surface area contributed by atoms with E-state index < -0.39 is 0 Å². The van der Waals surface area contributed by atoms with Crippen molar-refractivity contribution in [3.05, 3.63) is 0 Å². The van der Waals surface area contributed by atoms with Crippen molar-refractivity contribution in [3.8, 4) is 0 Å². The van der Waals surface area contributed by atoms with Crippen molar-refractivity contribution in [1.82, 2.24) is 9.80 Å². The van der Waals surface area contributed by atoms with E-state index in [-0.39, 0.29) is 0 Å². The van der Waals surface area contributed by atoms with E-state index in [0.29, 0.717) is 0 Å². The lowest BCUT2D eigenvalue weighted by atomic mass is 10.3. The highest BCUT2D eigenvalue weighted by Crippen LogP contribution is 2.03. The van der Waals surface area contributed by atoms with Crippen LogP contribution in [-0.4, -0.2) is 54.4 Å². The molecule has 1 heterocycles. The zero-order valence-electron chi connectivity index (χ0n) is 8.64. The van der Waals surface area contributed by atoms with E-state index in [1.54, 1.807) is 0 Å². The Kier molecular flexibility index (Phi) is 6.00. The van der Waals surface area contributed by atoms with Crippen molar-refractivity contribution in [2.24, 2.45) is 0 Å². The molecule has 0 N–H and O–H groups in total. The molecular weight excluding hydrogens is 228 g/mol. The first-order valence-electron chi connectivity index (χ1n) is 5.37. The van der Waals surface area contributed by atoms with Crippen LogP contribution in [0.3, 0.4) is 0 Å². The number of rotatable bonds is 4. The largest absolute Gasteiger partial charge is 0.302 e. The molecule has 0 saturated carbocycles. The van der Waals surface area contributed by atoms with Gasteiger partial charge in [0.1, 0.15) is 0 Å². The van der Waals surface area contributed by atoms with Crippen LogP contribution in [-0.2, 0) is 0 Å². The van der Waals surface area contributed by atoms with Gasteiger partial charge < -0.3 is 9.80 Å². The molecular formula is C10H21BrN2. The Labute approximate surface area is 90.4 Å². The lowest BCUT2D eigenvalue weighted by molar-refractivity contribution is 0.265. The van der Waals surface area contributed by atoms with Crippen molar-refractivity contribution < 1.29 is 0 Å². The van der Waals surface area contributed by atoms with Gasteiger partial charge in [-0.25, -0.2) is 0 Å². The Morgan fingerprint density at radius 2 is 1.62 bits per heavy atom. The Morgan fingerprint density at radius 1 is 1.00 bits per heavy atom. The molecule has 0 amide bonds. The molecule has 78 valence electrons. The summed E-state index contributed by atoms with van der Waals surface area (Å²) in [6.45, 7) is 9.86. The van der Waals surface area contributed by atoms with Crippen LogP contribution in [0.2, 0.25) is 0 Å². The van der Waals surface area contributed by atoms with Crippen LogP contribution >= 0.6 is 15.9 Å². The lowest BCUT2D eigenvalue weighted by Crippen LogP contribution is -2.32. The highest BCUT2D eigenvalue weighted by atomic mass is 79.9. The van der Waals surface area contributed by atoms with Gasteiger partial charge in [-0.3, -0.25) is 0 Å². The highest BCUT2D eigenvalue weighted by Gasteiger charge is 2.12. The maximum absolute atomic E-state index is 3.50. The molecule has 0 aliphatic carbocycles. The first kappa shape index (κ1) is 11.5. The van der Waals surface area contributed by atoms with Crippen LogP contribution in [0.15, 0.2) is 0 Å². The van der Waals surface area contributed by atoms with Crippen molar-refractivity contribution in [2.45, 2.75) is 19.8 Å². The van der Waals surface area contributed by atoms with Gasteiger partial charge in [-0.05, 0) is 32.5 Å². The third-order valence-corrected chi connectivity index (χ3v) is 2.98. The van der Waals surface area contributed by atoms with E-state index in [0.717, 1.165) is 5.33 Å². The molecule has 3 heteroatoms. The molecule has 1 fully saturated rings. The molecule has 1 saturated heterocycles. The summed E-state index contributed by atoms with van der Waals surface area (Å²) in [4.78, 5) is 5.15. The van der Waals surface area contributed by atoms with E-state index in [9.17, 15) is 0 Å². The molecule has 1 rings (SSSR count). The average molecular weight is 249 g/mol. The predicted octanol–water partition coefficient (Wildman–Crippen LogP) is 1.80. The summed E-state index contributed by atoms with van der Waals surface area (Å²) in [6, 6.07) is 0. The number of hydrogen-bond donors (Lipinski definition) is 0. The second kappa shape index (κ2) is 6.80. The Hall–Kier alpha value is 0.400. The van der Waals surface area contributed by atoms with Gasteiger partial charge in [-0.15, -0.1) is 0 Å². The number of alkyl halides is 1. The molecule has 0 aromatic heterocycles. The van der Waals surface area contributed by atoms with Gasteiger partial charge in [0.15, 0.2) is 0 Å². The highest BCUT2D eigenvalue weighted by molar-refractivity contribution is 9.09. The number of nitrogens with zero attached hydrogens (tertiary/aromatic N) is 2. The van der Waals surface area contributed by atoms with Crippen molar-refractivity contribution in [1.29, 1.82) is 0 Å². The first-order valence-corrected chi connectivity index (χ1v) is 6.49. The maximum Gasteiger partial charge on any atom is 0.0159 e. The summed E-state index contributed by atoms with van der Waals surface area (Å²) in [5.74, 6) is 0. The fourth-order valence-corrected chi connectivity index (χ4v) is 2.41. The standard InChI is InChI=1S/C10H21BrN2/c1-2-5-12-6-3-7-13(8-4-11)10-9-12/h2-10H2,1H3. The molecule has 0 aromatic carbocycles. The van der Waals surface area contributed by atoms with Gasteiger partial charge in [0, 0.05) is 25.0 Å².